The molecule has 0 aliphatic rings. The summed E-state index contributed by atoms with van der Waals surface area (Å²) in [5, 5.41) is 11.3. The zero-order chi connectivity index (χ0) is 19.8. The fourth-order valence-corrected chi connectivity index (χ4v) is 5.24. The van der Waals surface area contributed by atoms with Gasteiger partial charge in [-0.15, -0.1) is 10.2 Å². The summed E-state index contributed by atoms with van der Waals surface area (Å²) in [6.07, 6.45) is 0. The summed E-state index contributed by atoms with van der Waals surface area (Å²) in [5.41, 5.74) is 3.73. The first-order valence-corrected chi connectivity index (χ1v) is 11.9. The molecule has 0 unspecified atom stereocenters. The van der Waals surface area contributed by atoms with Crippen molar-refractivity contribution in [3.05, 3.63) is 71.3 Å². The van der Waals surface area contributed by atoms with Gasteiger partial charge in [-0.3, -0.25) is 4.79 Å². The number of nitrogens with one attached hydrogen (secondary N) is 1. The molecule has 0 fully saturated rings. The van der Waals surface area contributed by atoms with E-state index in [0.717, 1.165) is 20.0 Å². The van der Waals surface area contributed by atoms with E-state index in [4.69, 9.17) is 0 Å². The maximum absolute atomic E-state index is 12.0. The van der Waals surface area contributed by atoms with Gasteiger partial charge in [-0.2, -0.15) is 0 Å². The van der Waals surface area contributed by atoms with Gasteiger partial charge in [0.1, 0.15) is 0 Å². The summed E-state index contributed by atoms with van der Waals surface area (Å²) >= 11 is 4.65. The van der Waals surface area contributed by atoms with Gasteiger partial charge in [0.15, 0.2) is 8.68 Å². The Morgan fingerprint density at radius 3 is 2.32 bits per heavy atom. The maximum Gasteiger partial charge on any atom is 0.230 e. The number of amides is 1. The molecule has 0 bridgehead atoms. The minimum Gasteiger partial charge on any atom is -0.351 e. The summed E-state index contributed by atoms with van der Waals surface area (Å²) in [4.78, 5) is 12.0. The molecule has 2 aromatic carbocycles. The van der Waals surface area contributed by atoms with Crippen molar-refractivity contribution in [1.82, 2.24) is 15.5 Å². The molecular weight excluding hydrogens is 406 g/mol. The fraction of sp³-hybridized carbons (Fsp3) is 0.286. The molecule has 146 valence electrons. The van der Waals surface area contributed by atoms with Gasteiger partial charge < -0.3 is 5.32 Å². The van der Waals surface area contributed by atoms with Crippen molar-refractivity contribution in [2.75, 3.05) is 5.75 Å². The number of carbonyl (C=O) groups is 1. The van der Waals surface area contributed by atoms with Crippen molar-refractivity contribution >= 4 is 40.8 Å². The fourth-order valence-electron chi connectivity index (χ4n) is 2.43. The lowest BCUT2D eigenvalue weighted by Crippen LogP contribution is -2.24. The summed E-state index contributed by atoms with van der Waals surface area (Å²) in [5.74, 6) is 1.77. The Labute approximate surface area is 178 Å². The Kier molecular flexibility index (Phi) is 7.94. The van der Waals surface area contributed by atoms with Gasteiger partial charge in [0.25, 0.3) is 0 Å². The van der Waals surface area contributed by atoms with E-state index in [2.05, 4.69) is 53.6 Å². The first-order valence-electron chi connectivity index (χ1n) is 9.08. The molecule has 0 saturated carbocycles. The molecule has 1 heterocycles. The SMILES string of the molecule is CC(C)c1ccc(CSc2nnc(SCC(=O)NCc3ccccc3)s2)cc1. The lowest BCUT2D eigenvalue weighted by molar-refractivity contribution is -0.118. The molecular formula is C21H23N3OS3. The van der Waals surface area contributed by atoms with Crippen LogP contribution in [0, 0.1) is 0 Å². The van der Waals surface area contributed by atoms with Gasteiger partial charge in [-0.05, 0) is 22.6 Å². The number of hydrogen-bond donors (Lipinski definition) is 1. The molecule has 1 aromatic heterocycles. The first-order chi connectivity index (χ1) is 13.6. The van der Waals surface area contributed by atoms with E-state index >= 15 is 0 Å². The van der Waals surface area contributed by atoms with E-state index in [-0.39, 0.29) is 5.91 Å². The Balaban J connectivity index is 1.40. The van der Waals surface area contributed by atoms with Crippen molar-refractivity contribution in [3.63, 3.8) is 0 Å². The van der Waals surface area contributed by atoms with Crippen LogP contribution in [-0.4, -0.2) is 21.9 Å². The van der Waals surface area contributed by atoms with Crippen LogP contribution in [0.15, 0.2) is 63.3 Å². The van der Waals surface area contributed by atoms with Crippen molar-refractivity contribution in [2.24, 2.45) is 0 Å². The average molecular weight is 430 g/mol. The summed E-state index contributed by atoms with van der Waals surface area (Å²) < 4.78 is 1.76. The molecule has 4 nitrogen and oxygen atoms in total. The topological polar surface area (TPSA) is 54.9 Å². The van der Waals surface area contributed by atoms with Crippen LogP contribution in [0.2, 0.25) is 0 Å². The highest BCUT2D eigenvalue weighted by atomic mass is 32.2. The molecule has 0 radical (unpaired) electrons. The zero-order valence-electron chi connectivity index (χ0n) is 15.9. The summed E-state index contributed by atoms with van der Waals surface area (Å²) in [7, 11) is 0. The van der Waals surface area contributed by atoms with E-state index in [1.54, 1.807) is 23.1 Å². The smallest absolute Gasteiger partial charge is 0.230 e. The van der Waals surface area contributed by atoms with Gasteiger partial charge in [-0.25, -0.2) is 0 Å². The molecule has 1 amide bonds. The normalized spacial score (nSPS) is 11.0. The van der Waals surface area contributed by atoms with E-state index in [9.17, 15) is 4.79 Å². The van der Waals surface area contributed by atoms with Crippen molar-refractivity contribution in [1.29, 1.82) is 0 Å². The largest absolute Gasteiger partial charge is 0.351 e. The van der Waals surface area contributed by atoms with Crippen LogP contribution in [0.4, 0.5) is 0 Å². The van der Waals surface area contributed by atoms with Crippen LogP contribution in [-0.2, 0) is 17.1 Å². The third kappa shape index (κ3) is 6.65. The van der Waals surface area contributed by atoms with Crippen LogP contribution < -0.4 is 5.32 Å². The number of benzene rings is 2. The number of hydrogen-bond acceptors (Lipinski definition) is 6. The minimum atomic E-state index is 0.00324. The van der Waals surface area contributed by atoms with Crippen LogP contribution in [0.3, 0.4) is 0 Å². The number of rotatable bonds is 9. The highest BCUT2D eigenvalue weighted by molar-refractivity contribution is 8.03. The molecule has 0 saturated heterocycles. The molecule has 1 N–H and O–H groups in total. The predicted octanol–water partition coefficient (Wildman–Crippen LogP) is 5.36. The third-order valence-electron chi connectivity index (χ3n) is 4.06. The zero-order valence-corrected chi connectivity index (χ0v) is 18.4. The van der Waals surface area contributed by atoms with Crippen LogP contribution in [0.5, 0.6) is 0 Å². The van der Waals surface area contributed by atoms with Gasteiger partial charge in [0.2, 0.25) is 5.91 Å². The Hall–Kier alpha value is -1.83. The van der Waals surface area contributed by atoms with Gasteiger partial charge in [-0.1, -0.05) is 103 Å². The van der Waals surface area contributed by atoms with Crippen molar-refractivity contribution < 1.29 is 4.79 Å². The Bertz CT molecular complexity index is 879. The number of nitrogens with zero attached hydrogens (tertiary/aromatic N) is 2. The second-order valence-electron chi connectivity index (χ2n) is 6.57. The monoisotopic (exact) mass is 429 g/mol. The van der Waals surface area contributed by atoms with E-state index in [0.29, 0.717) is 18.2 Å². The summed E-state index contributed by atoms with van der Waals surface area (Å²) in [6, 6.07) is 18.6. The standard InChI is InChI=1S/C21H23N3OS3/c1-15(2)18-10-8-17(9-11-18)13-26-20-23-24-21(28-20)27-14-19(25)22-12-16-6-4-3-5-7-16/h3-11,15H,12-14H2,1-2H3,(H,22,25). The molecule has 0 atom stereocenters. The lowest BCUT2D eigenvalue weighted by atomic mass is 10.0. The lowest BCUT2D eigenvalue weighted by Gasteiger charge is -2.06. The molecule has 28 heavy (non-hydrogen) atoms. The number of carbonyl (C=O) groups excluding carboxylic acids is 1. The van der Waals surface area contributed by atoms with E-state index in [1.165, 1.54) is 22.9 Å². The number of aromatic nitrogens is 2. The second-order valence-corrected chi connectivity index (χ2v) is 9.99. The second kappa shape index (κ2) is 10.6. The van der Waals surface area contributed by atoms with Crippen molar-refractivity contribution in [2.45, 2.75) is 40.7 Å². The van der Waals surface area contributed by atoms with Gasteiger partial charge in [0.05, 0.1) is 5.75 Å². The Morgan fingerprint density at radius 1 is 0.964 bits per heavy atom. The quantitative estimate of drug-likeness (QED) is 0.464. The van der Waals surface area contributed by atoms with Gasteiger partial charge in [0, 0.05) is 12.3 Å². The van der Waals surface area contributed by atoms with Crippen molar-refractivity contribution in [3.8, 4) is 0 Å². The summed E-state index contributed by atoms with van der Waals surface area (Å²) in [6.45, 7) is 4.95. The molecule has 3 rings (SSSR count). The third-order valence-corrected chi connectivity index (χ3v) is 7.32. The Morgan fingerprint density at radius 2 is 1.64 bits per heavy atom. The molecule has 0 aliphatic carbocycles. The first kappa shape index (κ1) is 20.9. The van der Waals surface area contributed by atoms with E-state index in [1.807, 2.05) is 30.3 Å². The highest BCUT2D eigenvalue weighted by Crippen LogP contribution is 2.30. The minimum absolute atomic E-state index is 0.00324. The predicted molar refractivity (Wildman–Crippen MR) is 119 cm³/mol. The number of thioether (sulfide) groups is 2. The highest BCUT2D eigenvalue weighted by Gasteiger charge is 2.09. The van der Waals surface area contributed by atoms with Crippen LogP contribution in [0.25, 0.3) is 0 Å². The van der Waals surface area contributed by atoms with E-state index < -0.39 is 0 Å². The molecule has 0 spiro atoms. The van der Waals surface area contributed by atoms with Crippen LogP contribution in [0.1, 0.15) is 36.5 Å². The van der Waals surface area contributed by atoms with Crippen LogP contribution >= 0.6 is 34.9 Å². The molecule has 7 heteroatoms. The maximum atomic E-state index is 12.0. The molecule has 3 aromatic rings. The van der Waals surface area contributed by atoms with Gasteiger partial charge >= 0.3 is 0 Å². The molecule has 0 aliphatic heterocycles. The average Bonchev–Trinajstić information content (AvgIpc) is 3.18.